The van der Waals surface area contributed by atoms with E-state index < -0.39 is 9.89 Å². The molecule has 3 rings (SSSR count). The molecule has 9 heteroatoms. The number of nitrogens with zero attached hydrogens (tertiary/aromatic N) is 3. The number of pyridine rings is 1. The van der Waals surface area contributed by atoms with Gasteiger partial charge in [0.1, 0.15) is 12.4 Å². The Bertz CT molecular complexity index is 937. The number of fused-ring (bicyclic) bond motifs is 1. The molecule has 136 valence electrons. The van der Waals surface area contributed by atoms with Crippen molar-refractivity contribution in [1.29, 1.82) is 0 Å². The van der Waals surface area contributed by atoms with Gasteiger partial charge in [0.25, 0.3) is 0 Å². The van der Waals surface area contributed by atoms with Crippen molar-refractivity contribution in [2.75, 3.05) is 11.9 Å². The number of ether oxygens (including phenoxy) is 1. The molecular weight excluding hydrogens is 399 g/mol. The van der Waals surface area contributed by atoms with E-state index in [1.54, 1.807) is 16.9 Å². The average Bonchev–Trinajstić information content (AvgIpc) is 3.02. The lowest BCUT2D eigenvalue weighted by Gasteiger charge is -2.13. The van der Waals surface area contributed by atoms with E-state index in [0.29, 0.717) is 12.2 Å². The van der Waals surface area contributed by atoms with Crippen molar-refractivity contribution in [3.05, 3.63) is 48.3 Å². The standard InChI is InChI=1S/C17H15Cl3N4O2/c1-2-12-9-15(22-16(25)26-10-17(18,19)20)24(23-12)13-5-6-14-11(8-13)4-3-7-21-14/h3-9H,2,10H2,1H3,(H,22,25). The first-order chi connectivity index (χ1) is 12.4. The maximum absolute atomic E-state index is 12.0. The Balaban J connectivity index is 1.89. The third kappa shape index (κ3) is 4.58. The second kappa shape index (κ2) is 7.70. The lowest BCUT2D eigenvalue weighted by molar-refractivity contribution is 0.163. The highest BCUT2D eigenvalue weighted by Crippen LogP contribution is 2.26. The van der Waals surface area contributed by atoms with Crippen LogP contribution >= 0.6 is 34.8 Å². The maximum atomic E-state index is 12.0. The van der Waals surface area contributed by atoms with Crippen LogP contribution in [0.2, 0.25) is 0 Å². The van der Waals surface area contributed by atoms with Gasteiger partial charge in [0, 0.05) is 17.6 Å². The number of hydrogen-bond acceptors (Lipinski definition) is 4. The lowest BCUT2D eigenvalue weighted by atomic mass is 10.2. The second-order valence-electron chi connectivity index (χ2n) is 5.48. The number of amides is 1. The fourth-order valence-electron chi connectivity index (χ4n) is 2.37. The first-order valence-corrected chi connectivity index (χ1v) is 8.94. The summed E-state index contributed by atoms with van der Waals surface area (Å²) in [5, 5.41) is 8.11. The summed E-state index contributed by atoms with van der Waals surface area (Å²) >= 11 is 16.8. The quantitative estimate of drug-likeness (QED) is 0.618. The molecule has 26 heavy (non-hydrogen) atoms. The Kier molecular flexibility index (Phi) is 5.55. The molecule has 1 amide bonds. The summed E-state index contributed by atoms with van der Waals surface area (Å²) in [6.07, 6.45) is 1.71. The molecule has 1 N–H and O–H groups in total. The molecular formula is C17H15Cl3N4O2. The Morgan fingerprint density at radius 3 is 2.81 bits per heavy atom. The Morgan fingerprint density at radius 2 is 2.08 bits per heavy atom. The Morgan fingerprint density at radius 1 is 1.27 bits per heavy atom. The number of anilines is 1. The molecule has 0 saturated carbocycles. The zero-order chi connectivity index (χ0) is 18.7. The van der Waals surface area contributed by atoms with Crippen LogP contribution in [0.4, 0.5) is 10.6 Å². The van der Waals surface area contributed by atoms with Gasteiger partial charge in [-0.05, 0) is 30.7 Å². The van der Waals surface area contributed by atoms with Gasteiger partial charge in [-0.25, -0.2) is 9.48 Å². The molecule has 1 aromatic carbocycles. The van der Waals surface area contributed by atoms with Crippen LogP contribution in [0.25, 0.3) is 16.6 Å². The molecule has 0 radical (unpaired) electrons. The molecule has 2 aromatic heterocycles. The van der Waals surface area contributed by atoms with Crippen LogP contribution < -0.4 is 5.32 Å². The fraction of sp³-hybridized carbons (Fsp3) is 0.235. The van der Waals surface area contributed by atoms with E-state index in [1.165, 1.54) is 0 Å². The summed E-state index contributed by atoms with van der Waals surface area (Å²) in [7, 11) is 0. The van der Waals surface area contributed by atoms with E-state index in [-0.39, 0.29) is 6.61 Å². The van der Waals surface area contributed by atoms with E-state index in [4.69, 9.17) is 39.5 Å². The van der Waals surface area contributed by atoms with Crippen molar-refractivity contribution in [1.82, 2.24) is 14.8 Å². The largest absolute Gasteiger partial charge is 0.445 e. The summed E-state index contributed by atoms with van der Waals surface area (Å²) in [6, 6.07) is 11.3. The van der Waals surface area contributed by atoms with Crippen molar-refractivity contribution in [3.63, 3.8) is 0 Å². The van der Waals surface area contributed by atoms with Crippen LogP contribution in [0.3, 0.4) is 0 Å². The van der Waals surface area contributed by atoms with Crippen molar-refractivity contribution < 1.29 is 9.53 Å². The number of aromatic nitrogens is 3. The molecule has 0 bridgehead atoms. The molecule has 3 aromatic rings. The van der Waals surface area contributed by atoms with Crippen LogP contribution in [0.1, 0.15) is 12.6 Å². The van der Waals surface area contributed by atoms with E-state index in [2.05, 4.69) is 15.4 Å². The van der Waals surface area contributed by atoms with Gasteiger partial charge in [0.05, 0.1) is 16.9 Å². The highest BCUT2D eigenvalue weighted by Gasteiger charge is 2.23. The minimum Gasteiger partial charge on any atom is -0.445 e. The van der Waals surface area contributed by atoms with Crippen molar-refractivity contribution in [3.8, 4) is 5.69 Å². The highest BCUT2D eigenvalue weighted by molar-refractivity contribution is 6.67. The van der Waals surface area contributed by atoms with Crippen molar-refractivity contribution >= 4 is 57.6 Å². The molecule has 0 atom stereocenters. The van der Waals surface area contributed by atoms with Crippen LogP contribution in [-0.4, -0.2) is 31.3 Å². The number of carbonyl (C=O) groups excluding carboxylic acids is 1. The summed E-state index contributed by atoms with van der Waals surface area (Å²) < 4.78 is 4.88. The van der Waals surface area contributed by atoms with Gasteiger partial charge in [-0.15, -0.1) is 0 Å². The molecule has 0 aliphatic rings. The first kappa shape index (κ1) is 18.8. The number of nitrogens with one attached hydrogen (secondary N) is 1. The highest BCUT2D eigenvalue weighted by atomic mass is 35.6. The molecule has 2 heterocycles. The predicted molar refractivity (Wildman–Crippen MR) is 104 cm³/mol. The zero-order valence-electron chi connectivity index (χ0n) is 13.7. The van der Waals surface area contributed by atoms with Crippen LogP contribution in [0.15, 0.2) is 42.6 Å². The number of carbonyl (C=O) groups is 1. The van der Waals surface area contributed by atoms with Crippen molar-refractivity contribution in [2.24, 2.45) is 0 Å². The van der Waals surface area contributed by atoms with Gasteiger partial charge < -0.3 is 4.74 Å². The normalized spacial score (nSPS) is 11.5. The molecule has 0 saturated heterocycles. The number of benzene rings is 1. The smallest absolute Gasteiger partial charge is 0.412 e. The van der Waals surface area contributed by atoms with Crippen LogP contribution in [-0.2, 0) is 11.2 Å². The molecule has 0 spiro atoms. The maximum Gasteiger partial charge on any atom is 0.412 e. The third-order valence-corrected chi connectivity index (χ3v) is 3.88. The van der Waals surface area contributed by atoms with Gasteiger partial charge in [-0.2, -0.15) is 5.10 Å². The molecule has 0 aliphatic carbocycles. The van der Waals surface area contributed by atoms with E-state index in [0.717, 1.165) is 22.3 Å². The summed E-state index contributed by atoms with van der Waals surface area (Å²) in [5.41, 5.74) is 2.46. The topological polar surface area (TPSA) is 69.0 Å². The van der Waals surface area contributed by atoms with Gasteiger partial charge >= 0.3 is 6.09 Å². The number of aryl methyl sites for hydroxylation is 1. The van der Waals surface area contributed by atoms with E-state index in [1.807, 2.05) is 37.3 Å². The fourth-order valence-corrected chi connectivity index (χ4v) is 2.54. The molecule has 6 nitrogen and oxygen atoms in total. The van der Waals surface area contributed by atoms with Crippen LogP contribution in [0.5, 0.6) is 0 Å². The average molecular weight is 414 g/mol. The van der Waals surface area contributed by atoms with E-state index >= 15 is 0 Å². The summed E-state index contributed by atoms with van der Waals surface area (Å²) in [5.74, 6) is 0.458. The Labute approximate surface area is 165 Å². The number of rotatable bonds is 4. The predicted octanol–water partition coefficient (Wildman–Crippen LogP) is 4.90. The number of hydrogen-bond donors (Lipinski definition) is 1. The minimum absolute atomic E-state index is 0.361. The Hall–Kier alpha value is -2.02. The molecule has 0 unspecified atom stereocenters. The molecule has 0 aliphatic heterocycles. The second-order valence-corrected chi connectivity index (χ2v) is 8.00. The summed E-state index contributed by atoms with van der Waals surface area (Å²) in [6.45, 7) is 1.61. The SMILES string of the molecule is CCc1cc(NC(=O)OCC(Cl)(Cl)Cl)n(-c2ccc3ncccc3c2)n1. The first-order valence-electron chi connectivity index (χ1n) is 7.80. The number of halogens is 3. The van der Waals surface area contributed by atoms with Crippen LogP contribution in [0, 0.1) is 0 Å². The minimum atomic E-state index is -1.67. The van der Waals surface area contributed by atoms with E-state index in [9.17, 15) is 4.79 Å². The van der Waals surface area contributed by atoms with Gasteiger partial charge in [-0.3, -0.25) is 10.3 Å². The third-order valence-electron chi connectivity index (χ3n) is 3.55. The van der Waals surface area contributed by atoms with Gasteiger partial charge in [-0.1, -0.05) is 47.8 Å². The monoisotopic (exact) mass is 412 g/mol. The van der Waals surface area contributed by atoms with Gasteiger partial charge in [0.15, 0.2) is 0 Å². The lowest BCUT2D eigenvalue weighted by Crippen LogP contribution is -2.22. The van der Waals surface area contributed by atoms with Gasteiger partial charge in [0.2, 0.25) is 3.79 Å². The molecule has 0 fully saturated rings. The zero-order valence-corrected chi connectivity index (χ0v) is 16.0. The number of alkyl halides is 3. The summed E-state index contributed by atoms with van der Waals surface area (Å²) in [4.78, 5) is 16.3. The van der Waals surface area contributed by atoms with Crippen molar-refractivity contribution in [2.45, 2.75) is 17.1 Å².